The first-order valence-corrected chi connectivity index (χ1v) is 8.46. The second-order valence-electron chi connectivity index (χ2n) is 6.08. The van der Waals surface area contributed by atoms with Crippen LogP contribution in [0.1, 0.15) is 64.6 Å². The molecule has 1 aromatic heterocycles. The van der Waals surface area contributed by atoms with Crippen molar-refractivity contribution in [1.82, 2.24) is 20.1 Å². The molecule has 1 aliphatic rings. The van der Waals surface area contributed by atoms with Crippen LogP contribution in [0.3, 0.4) is 0 Å². The highest BCUT2D eigenvalue weighted by Crippen LogP contribution is 2.39. The van der Waals surface area contributed by atoms with E-state index in [9.17, 15) is 0 Å². The molecule has 1 atom stereocenters. The number of aromatic nitrogens is 2. The number of nitrogens with two attached hydrogens (primary N) is 1. The highest BCUT2D eigenvalue weighted by Gasteiger charge is 2.43. The van der Waals surface area contributed by atoms with E-state index in [4.69, 9.17) is 5.84 Å². The molecule has 1 saturated heterocycles. The quantitative estimate of drug-likeness (QED) is 0.571. The molecular formula is C16H31N5. The Balaban J connectivity index is 2.37. The second kappa shape index (κ2) is 7.38. The minimum atomic E-state index is 0.0801. The minimum Gasteiger partial charge on any atom is -0.296 e. The molecule has 0 bridgehead atoms. The van der Waals surface area contributed by atoms with Crippen LogP contribution < -0.4 is 11.3 Å². The van der Waals surface area contributed by atoms with Gasteiger partial charge in [-0.05, 0) is 51.3 Å². The fourth-order valence-electron chi connectivity index (χ4n) is 3.95. The monoisotopic (exact) mass is 293 g/mol. The molecule has 0 spiro atoms. The van der Waals surface area contributed by atoms with E-state index in [1.807, 2.05) is 6.20 Å². The molecule has 21 heavy (non-hydrogen) atoms. The number of hydrazine groups is 1. The van der Waals surface area contributed by atoms with Crippen LogP contribution >= 0.6 is 0 Å². The highest BCUT2D eigenvalue weighted by atomic mass is 15.4. The predicted molar refractivity (Wildman–Crippen MR) is 86.7 cm³/mol. The molecule has 1 unspecified atom stereocenters. The van der Waals surface area contributed by atoms with Gasteiger partial charge < -0.3 is 0 Å². The molecule has 1 aliphatic heterocycles. The molecule has 0 amide bonds. The highest BCUT2D eigenvalue weighted by molar-refractivity contribution is 5.16. The van der Waals surface area contributed by atoms with Gasteiger partial charge in [0, 0.05) is 18.3 Å². The van der Waals surface area contributed by atoms with Crippen LogP contribution in [0.15, 0.2) is 12.3 Å². The first kappa shape index (κ1) is 16.5. The van der Waals surface area contributed by atoms with Crippen molar-refractivity contribution < 1.29 is 0 Å². The number of rotatable bonds is 8. The summed E-state index contributed by atoms with van der Waals surface area (Å²) in [5.41, 5.74) is 4.42. The maximum atomic E-state index is 6.02. The predicted octanol–water partition coefficient (Wildman–Crippen LogP) is 2.45. The molecule has 5 nitrogen and oxygen atoms in total. The zero-order valence-electron chi connectivity index (χ0n) is 13.8. The number of nitrogens with one attached hydrogen (secondary N) is 1. The summed E-state index contributed by atoms with van der Waals surface area (Å²) in [6, 6.07) is 2.25. The summed E-state index contributed by atoms with van der Waals surface area (Å²) in [6.45, 7) is 10.1. The SMILES string of the molecule is CCCn1nccc1C(NN)C(CC)(CC)N1CCCC1. The van der Waals surface area contributed by atoms with E-state index in [1.54, 1.807) is 0 Å². The van der Waals surface area contributed by atoms with E-state index in [-0.39, 0.29) is 11.6 Å². The lowest BCUT2D eigenvalue weighted by Gasteiger charge is -2.46. The third-order valence-electron chi connectivity index (χ3n) is 5.14. The standard InChI is InChI=1S/C16H31N5/c1-4-11-21-14(9-10-18-21)15(19-17)16(5-2,6-3)20-12-7-8-13-20/h9-10,15,19H,4-8,11-13,17H2,1-3H3. The Morgan fingerprint density at radius 3 is 2.48 bits per heavy atom. The van der Waals surface area contributed by atoms with E-state index in [0.29, 0.717) is 0 Å². The number of aryl methyl sites for hydroxylation is 1. The van der Waals surface area contributed by atoms with Gasteiger partial charge in [0.05, 0.1) is 11.7 Å². The van der Waals surface area contributed by atoms with Gasteiger partial charge in [0.15, 0.2) is 0 Å². The number of hydrogen-bond acceptors (Lipinski definition) is 4. The van der Waals surface area contributed by atoms with Crippen LogP contribution in [0.25, 0.3) is 0 Å². The van der Waals surface area contributed by atoms with Crippen LogP contribution in [0, 0.1) is 0 Å². The van der Waals surface area contributed by atoms with Crippen molar-refractivity contribution in [3.63, 3.8) is 0 Å². The Kier molecular flexibility index (Phi) is 5.79. The number of likely N-dealkylation sites (tertiary alicyclic amines) is 1. The molecule has 0 aliphatic carbocycles. The van der Waals surface area contributed by atoms with Gasteiger partial charge in [0.2, 0.25) is 0 Å². The summed E-state index contributed by atoms with van der Waals surface area (Å²) in [5.74, 6) is 6.02. The van der Waals surface area contributed by atoms with Crippen LogP contribution in [0.5, 0.6) is 0 Å². The molecule has 0 saturated carbocycles. The Bertz CT molecular complexity index is 418. The zero-order chi connectivity index (χ0) is 15.3. The molecule has 1 fully saturated rings. The van der Waals surface area contributed by atoms with Crippen molar-refractivity contribution in [1.29, 1.82) is 0 Å². The van der Waals surface area contributed by atoms with E-state index in [2.05, 4.69) is 46.9 Å². The Morgan fingerprint density at radius 2 is 1.95 bits per heavy atom. The third-order valence-corrected chi connectivity index (χ3v) is 5.14. The summed E-state index contributed by atoms with van der Waals surface area (Å²) in [7, 11) is 0. The first-order chi connectivity index (χ1) is 10.2. The third kappa shape index (κ3) is 3.00. The summed E-state index contributed by atoms with van der Waals surface area (Å²) >= 11 is 0. The lowest BCUT2D eigenvalue weighted by molar-refractivity contribution is 0.0581. The average Bonchev–Trinajstić information content (AvgIpc) is 3.17. The lowest BCUT2D eigenvalue weighted by atomic mass is 9.81. The fourth-order valence-corrected chi connectivity index (χ4v) is 3.95. The van der Waals surface area contributed by atoms with Gasteiger partial charge >= 0.3 is 0 Å². The Hall–Kier alpha value is -0.910. The van der Waals surface area contributed by atoms with E-state index >= 15 is 0 Å². The van der Waals surface area contributed by atoms with Gasteiger partial charge in [-0.2, -0.15) is 5.10 Å². The fraction of sp³-hybridized carbons (Fsp3) is 0.812. The van der Waals surface area contributed by atoms with Gasteiger partial charge in [-0.25, -0.2) is 5.43 Å². The molecule has 0 aromatic carbocycles. The van der Waals surface area contributed by atoms with Crippen LogP contribution in [0.2, 0.25) is 0 Å². The van der Waals surface area contributed by atoms with E-state index in [1.165, 1.54) is 31.6 Å². The average molecular weight is 293 g/mol. The molecule has 120 valence electrons. The molecule has 2 heterocycles. The summed E-state index contributed by atoms with van der Waals surface area (Å²) in [6.07, 6.45) is 7.77. The van der Waals surface area contributed by atoms with Crippen molar-refractivity contribution in [3.8, 4) is 0 Å². The Labute approximate surface area is 128 Å². The van der Waals surface area contributed by atoms with Crippen molar-refractivity contribution in [2.75, 3.05) is 13.1 Å². The van der Waals surface area contributed by atoms with Crippen molar-refractivity contribution in [3.05, 3.63) is 18.0 Å². The molecule has 1 aromatic rings. The summed E-state index contributed by atoms with van der Waals surface area (Å²) < 4.78 is 2.11. The second-order valence-corrected chi connectivity index (χ2v) is 6.08. The zero-order valence-corrected chi connectivity index (χ0v) is 13.8. The minimum absolute atomic E-state index is 0.0801. The smallest absolute Gasteiger partial charge is 0.0812 e. The van der Waals surface area contributed by atoms with Gasteiger partial charge in [0.25, 0.3) is 0 Å². The maximum absolute atomic E-state index is 6.02. The summed E-state index contributed by atoms with van der Waals surface area (Å²) in [4.78, 5) is 2.64. The molecular weight excluding hydrogens is 262 g/mol. The molecule has 2 rings (SSSR count). The number of nitrogens with zero attached hydrogens (tertiary/aromatic N) is 3. The number of hydrogen-bond donors (Lipinski definition) is 2. The van der Waals surface area contributed by atoms with Gasteiger partial charge in [-0.3, -0.25) is 15.4 Å². The first-order valence-electron chi connectivity index (χ1n) is 8.46. The van der Waals surface area contributed by atoms with Gasteiger partial charge in [-0.15, -0.1) is 0 Å². The van der Waals surface area contributed by atoms with Crippen molar-refractivity contribution in [2.24, 2.45) is 5.84 Å². The van der Waals surface area contributed by atoms with Crippen LogP contribution in [0.4, 0.5) is 0 Å². The van der Waals surface area contributed by atoms with E-state index in [0.717, 1.165) is 25.8 Å². The lowest BCUT2D eigenvalue weighted by Crippen LogP contribution is -2.57. The van der Waals surface area contributed by atoms with Crippen LogP contribution in [-0.4, -0.2) is 33.3 Å². The largest absolute Gasteiger partial charge is 0.296 e. The van der Waals surface area contributed by atoms with E-state index < -0.39 is 0 Å². The van der Waals surface area contributed by atoms with Crippen LogP contribution in [-0.2, 0) is 6.54 Å². The van der Waals surface area contributed by atoms with Crippen molar-refractivity contribution >= 4 is 0 Å². The molecule has 0 radical (unpaired) electrons. The van der Waals surface area contributed by atoms with Gasteiger partial charge in [-0.1, -0.05) is 20.8 Å². The summed E-state index contributed by atoms with van der Waals surface area (Å²) in [5, 5.41) is 4.49. The maximum Gasteiger partial charge on any atom is 0.0812 e. The Morgan fingerprint density at radius 1 is 1.29 bits per heavy atom. The molecule has 5 heteroatoms. The van der Waals surface area contributed by atoms with Crippen molar-refractivity contribution in [2.45, 2.75) is 71.0 Å². The normalized spacial score (nSPS) is 18.3. The topological polar surface area (TPSA) is 59.1 Å². The van der Waals surface area contributed by atoms with Gasteiger partial charge in [0.1, 0.15) is 0 Å². The molecule has 3 N–H and O–H groups in total.